The molecule has 4 rings (SSSR count). The van der Waals surface area contributed by atoms with Crippen LogP contribution in [-0.2, 0) is 0 Å². The van der Waals surface area contributed by atoms with Gasteiger partial charge in [0.15, 0.2) is 11.6 Å². The van der Waals surface area contributed by atoms with Gasteiger partial charge in [-0.05, 0) is 49.3 Å². The smallest absolute Gasteiger partial charge is 0.182 e. The van der Waals surface area contributed by atoms with Crippen molar-refractivity contribution in [2.75, 3.05) is 6.61 Å². The van der Waals surface area contributed by atoms with Crippen LogP contribution in [0.1, 0.15) is 38.2 Å². The summed E-state index contributed by atoms with van der Waals surface area (Å²) in [4.78, 5) is 0. The maximum absolute atomic E-state index is 14.9. The van der Waals surface area contributed by atoms with E-state index in [1.165, 1.54) is 24.2 Å². The maximum atomic E-state index is 14.9. The van der Waals surface area contributed by atoms with E-state index in [0.717, 1.165) is 29.5 Å². The Morgan fingerprint density at radius 1 is 0.960 bits per heavy atom. The van der Waals surface area contributed by atoms with Crippen LogP contribution in [0.15, 0.2) is 24.3 Å². The molecule has 4 heteroatoms. The molecule has 0 amide bonds. The molecule has 0 atom stereocenters. The van der Waals surface area contributed by atoms with Crippen molar-refractivity contribution in [1.82, 2.24) is 0 Å². The van der Waals surface area contributed by atoms with Crippen molar-refractivity contribution in [3.8, 4) is 5.75 Å². The van der Waals surface area contributed by atoms with Crippen LogP contribution in [0.5, 0.6) is 5.75 Å². The molecular weight excluding hydrogens is 338 g/mol. The summed E-state index contributed by atoms with van der Waals surface area (Å²) in [6.07, 6.45) is 4.76. The van der Waals surface area contributed by atoms with E-state index in [2.05, 4.69) is 6.92 Å². The van der Waals surface area contributed by atoms with Gasteiger partial charge in [0.2, 0.25) is 0 Å². The molecule has 3 aromatic rings. The number of ether oxygens (including phenoxy) is 1. The number of hydrogen-bond acceptors (Lipinski definition) is 2. The van der Waals surface area contributed by atoms with Crippen LogP contribution < -0.4 is 4.74 Å². The topological polar surface area (TPSA) is 9.23 Å². The average molecular weight is 360 g/mol. The highest BCUT2D eigenvalue weighted by atomic mass is 32.1. The Morgan fingerprint density at radius 2 is 1.60 bits per heavy atom. The zero-order chi connectivity index (χ0) is 17.6. The van der Waals surface area contributed by atoms with Gasteiger partial charge in [0.1, 0.15) is 5.82 Å². The Balaban J connectivity index is 1.63. The zero-order valence-corrected chi connectivity index (χ0v) is 15.4. The van der Waals surface area contributed by atoms with Crippen LogP contribution in [0.3, 0.4) is 0 Å². The van der Waals surface area contributed by atoms with Crippen LogP contribution in [0.2, 0.25) is 0 Å². The van der Waals surface area contributed by atoms with E-state index in [9.17, 15) is 8.78 Å². The molecule has 1 fully saturated rings. The second kappa shape index (κ2) is 6.56. The van der Waals surface area contributed by atoms with Gasteiger partial charge in [-0.2, -0.15) is 0 Å². The van der Waals surface area contributed by atoms with E-state index in [4.69, 9.17) is 4.74 Å². The summed E-state index contributed by atoms with van der Waals surface area (Å²) in [7, 11) is 0. The summed E-state index contributed by atoms with van der Waals surface area (Å²) >= 11 is 1.17. The van der Waals surface area contributed by atoms with Gasteiger partial charge in [-0.3, -0.25) is 0 Å². The predicted molar refractivity (Wildman–Crippen MR) is 101 cm³/mol. The molecule has 1 aliphatic carbocycles. The second-order valence-electron chi connectivity index (χ2n) is 7.37. The van der Waals surface area contributed by atoms with Crippen molar-refractivity contribution in [1.29, 1.82) is 0 Å². The first kappa shape index (κ1) is 16.8. The lowest BCUT2D eigenvalue weighted by atomic mass is 9.83. The van der Waals surface area contributed by atoms with Crippen LogP contribution >= 0.6 is 11.3 Å². The first-order valence-corrected chi connectivity index (χ1v) is 9.79. The Bertz CT molecular complexity index is 923. The van der Waals surface area contributed by atoms with Crippen LogP contribution in [0.4, 0.5) is 8.78 Å². The average Bonchev–Trinajstić information content (AvgIpc) is 2.99. The maximum Gasteiger partial charge on any atom is 0.182 e. The van der Waals surface area contributed by atoms with E-state index in [1.807, 2.05) is 12.1 Å². The van der Waals surface area contributed by atoms with Gasteiger partial charge in [-0.15, -0.1) is 11.3 Å². The molecule has 0 spiro atoms. The summed E-state index contributed by atoms with van der Waals surface area (Å²) in [6.45, 7) is 4.58. The summed E-state index contributed by atoms with van der Waals surface area (Å²) in [5.41, 5.74) is 0.586. The Morgan fingerprint density at radius 3 is 2.32 bits per heavy atom. The zero-order valence-electron chi connectivity index (χ0n) is 14.6. The van der Waals surface area contributed by atoms with Crippen molar-refractivity contribution >= 4 is 31.5 Å². The molecular formula is C21H22F2OS. The summed E-state index contributed by atoms with van der Waals surface area (Å²) in [6, 6.07) is 7.16. The van der Waals surface area contributed by atoms with Crippen molar-refractivity contribution in [2.45, 2.75) is 39.5 Å². The molecule has 1 saturated carbocycles. The number of hydrogen-bond donors (Lipinski definition) is 0. The van der Waals surface area contributed by atoms with E-state index in [-0.39, 0.29) is 17.4 Å². The molecule has 0 aliphatic heterocycles. The molecule has 0 N–H and O–H groups in total. The molecule has 2 aromatic carbocycles. The van der Waals surface area contributed by atoms with Gasteiger partial charge in [0, 0.05) is 10.8 Å². The van der Waals surface area contributed by atoms with Gasteiger partial charge >= 0.3 is 0 Å². The lowest BCUT2D eigenvalue weighted by molar-refractivity contribution is 0.183. The molecule has 0 radical (unpaired) electrons. The molecule has 25 heavy (non-hydrogen) atoms. The minimum atomic E-state index is -0.361. The number of rotatable bonds is 3. The summed E-state index contributed by atoms with van der Waals surface area (Å²) in [5.74, 6) is 0.974. The fourth-order valence-corrected chi connectivity index (χ4v) is 4.95. The quantitative estimate of drug-likeness (QED) is 0.496. The van der Waals surface area contributed by atoms with Crippen LogP contribution in [0.25, 0.3) is 20.2 Å². The highest BCUT2D eigenvalue weighted by molar-refractivity contribution is 7.25. The van der Waals surface area contributed by atoms with Crippen LogP contribution in [-0.4, -0.2) is 6.61 Å². The minimum Gasteiger partial charge on any atom is -0.490 e. The molecule has 132 valence electrons. The molecule has 0 unspecified atom stereocenters. The third-order valence-corrected chi connectivity index (χ3v) is 6.66. The summed E-state index contributed by atoms with van der Waals surface area (Å²) < 4.78 is 36.1. The lowest BCUT2D eigenvalue weighted by Gasteiger charge is -2.26. The monoisotopic (exact) mass is 360 g/mol. The third-order valence-electron chi connectivity index (χ3n) is 5.46. The first-order valence-electron chi connectivity index (χ1n) is 8.97. The standard InChI is InChI=1S/C21H22F2OS/c1-12-3-6-14(7-4-12)11-24-17-10-9-16-15-8-5-13(2)18(22)20(15)25-21(16)19(17)23/h5,8-10,12,14H,3-4,6-7,11H2,1-2H3. The SMILES string of the molecule is Cc1ccc2c(sc3c(F)c(OCC4CCC(C)CC4)ccc32)c1F. The molecule has 0 bridgehead atoms. The van der Waals surface area contributed by atoms with E-state index >= 15 is 0 Å². The van der Waals surface area contributed by atoms with Gasteiger partial charge in [-0.1, -0.05) is 31.9 Å². The number of fused-ring (bicyclic) bond motifs is 3. The van der Waals surface area contributed by atoms with Crippen molar-refractivity contribution in [2.24, 2.45) is 11.8 Å². The second-order valence-corrected chi connectivity index (χ2v) is 8.39. The van der Waals surface area contributed by atoms with Crippen molar-refractivity contribution < 1.29 is 13.5 Å². The van der Waals surface area contributed by atoms with Crippen molar-refractivity contribution in [3.63, 3.8) is 0 Å². The molecule has 1 nitrogen and oxygen atoms in total. The van der Waals surface area contributed by atoms with E-state index in [0.29, 0.717) is 27.5 Å². The van der Waals surface area contributed by atoms with Gasteiger partial charge in [-0.25, -0.2) is 8.78 Å². The van der Waals surface area contributed by atoms with E-state index in [1.54, 1.807) is 19.1 Å². The number of benzene rings is 2. The fraction of sp³-hybridized carbons (Fsp3) is 0.429. The van der Waals surface area contributed by atoms with Crippen LogP contribution in [0, 0.1) is 30.4 Å². The Hall–Kier alpha value is -1.68. The number of halogens is 2. The molecule has 0 saturated heterocycles. The highest BCUT2D eigenvalue weighted by Gasteiger charge is 2.21. The van der Waals surface area contributed by atoms with Crippen molar-refractivity contribution in [3.05, 3.63) is 41.5 Å². The highest BCUT2D eigenvalue weighted by Crippen LogP contribution is 2.40. The lowest BCUT2D eigenvalue weighted by Crippen LogP contribution is -2.19. The Labute approximate surface area is 150 Å². The first-order chi connectivity index (χ1) is 12.0. The van der Waals surface area contributed by atoms with Gasteiger partial charge in [0.25, 0.3) is 0 Å². The predicted octanol–water partition coefficient (Wildman–Crippen LogP) is 6.85. The van der Waals surface area contributed by atoms with E-state index < -0.39 is 0 Å². The van der Waals surface area contributed by atoms with Gasteiger partial charge < -0.3 is 4.74 Å². The molecule has 1 aromatic heterocycles. The number of thiophene rings is 1. The number of aryl methyl sites for hydroxylation is 1. The largest absolute Gasteiger partial charge is 0.490 e. The fourth-order valence-electron chi connectivity index (χ4n) is 3.73. The Kier molecular flexibility index (Phi) is 4.40. The molecule has 1 aliphatic rings. The third kappa shape index (κ3) is 3.01. The van der Waals surface area contributed by atoms with Gasteiger partial charge in [0.05, 0.1) is 16.0 Å². The minimum absolute atomic E-state index is 0.253. The summed E-state index contributed by atoms with van der Waals surface area (Å²) in [5, 5.41) is 1.53. The normalized spacial score (nSPS) is 21.1. The molecule has 1 heterocycles.